The van der Waals surface area contributed by atoms with E-state index >= 15 is 0 Å². The average Bonchev–Trinajstić information content (AvgIpc) is 2.43. The van der Waals surface area contributed by atoms with Crippen LogP contribution in [0.5, 0.6) is 0 Å². The number of carbonyl (C=O) groups is 1. The number of nitrogens with two attached hydrogens (primary N) is 1. The summed E-state index contributed by atoms with van der Waals surface area (Å²) < 4.78 is 13.7. The van der Waals surface area contributed by atoms with Gasteiger partial charge in [0.25, 0.3) is 0 Å². The Bertz CT molecular complexity index is 628. The van der Waals surface area contributed by atoms with Gasteiger partial charge in [-0.25, -0.2) is 4.39 Å². The Hall–Kier alpha value is -1.72. The molecular weight excluding hydrogens is 323 g/mol. The molecule has 0 radical (unpaired) electrons. The van der Waals surface area contributed by atoms with Crippen molar-refractivity contribution in [2.75, 3.05) is 5.32 Å². The number of nitrogens with one attached hydrogen (secondary N) is 1. The lowest BCUT2D eigenvalue weighted by Gasteiger charge is -2.13. The molecule has 2 aromatic rings. The summed E-state index contributed by atoms with van der Waals surface area (Å²) >= 11 is 3.06. The second-order valence-corrected chi connectivity index (χ2v) is 5.36. The Morgan fingerprint density at radius 1 is 1.25 bits per heavy atom. The molecule has 0 aliphatic heterocycles. The molecule has 1 amide bonds. The number of rotatable bonds is 3. The molecular formula is C15H14BrFN2O. The largest absolute Gasteiger partial charge is 0.324 e. The van der Waals surface area contributed by atoms with Crippen molar-refractivity contribution >= 4 is 27.5 Å². The van der Waals surface area contributed by atoms with Gasteiger partial charge in [0.05, 0.1) is 4.47 Å². The third kappa shape index (κ3) is 3.43. The minimum absolute atomic E-state index is 0.346. The SMILES string of the molecule is Cc1ccc(C(N)C(=O)Nc2ccc(Br)c(F)c2)cc1. The van der Waals surface area contributed by atoms with E-state index in [1.807, 2.05) is 31.2 Å². The van der Waals surface area contributed by atoms with E-state index < -0.39 is 11.9 Å². The van der Waals surface area contributed by atoms with Gasteiger partial charge >= 0.3 is 0 Å². The molecule has 5 heteroatoms. The highest BCUT2D eigenvalue weighted by atomic mass is 79.9. The minimum atomic E-state index is -0.790. The molecule has 0 aliphatic carbocycles. The summed E-state index contributed by atoms with van der Waals surface area (Å²) in [4.78, 5) is 12.0. The van der Waals surface area contributed by atoms with Gasteiger partial charge in [-0.15, -0.1) is 0 Å². The zero-order valence-corrected chi connectivity index (χ0v) is 12.4. The molecule has 3 N–H and O–H groups in total. The quantitative estimate of drug-likeness (QED) is 0.900. The van der Waals surface area contributed by atoms with Crippen molar-refractivity contribution in [3.05, 3.63) is 63.9 Å². The second kappa shape index (κ2) is 6.15. The van der Waals surface area contributed by atoms with Crippen LogP contribution in [0.15, 0.2) is 46.9 Å². The molecule has 0 fully saturated rings. The maximum atomic E-state index is 13.4. The number of halogens is 2. The Morgan fingerprint density at radius 3 is 2.50 bits per heavy atom. The molecule has 0 saturated heterocycles. The van der Waals surface area contributed by atoms with E-state index in [-0.39, 0.29) is 5.91 Å². The van der Waals surface area contributed by atoms with Gasteiger partial charge in [0.15, 0.2) is 0 Å². The number of aryl methyl sites for hydroxylation is 1. The molecule has 2 rings (SSSR count). The van der Waals surface area contributed by atoms with Crippen LogP contribution in [0.3, 0.4) is 0 Å². The van der Waals surface area contributed by atoms with Crippen LogP contribution in [0, 0.1) is 12.7 Å². The lowest BCUT2D eigenvalue weighted by atomic mass is 10.1. The van der Waals surface area contributed by atoms with Crippen LogP contribution < -0.4 is 11.1 Å². The number of amides is 1. The van der Waals surface area contributed by atoms with Crippen molar-refractivity contribution < 1.29 is 9.18 Å². The first-order valence-electron chi connectivity index (χ1n) is 6.05. The van der Waals surface area contributed by atoms with E-state index in [0.717, 1.165) is 5.56 Å². The van der Waals surface area contributed by atoms with E-state index in [1.165, 1.54) is 12.1 Å². The van der Waals surface area contributed by atoms with Crippen molar-refractivity contribution in [3.63, 3.8) is 0 Å². The minimum Gasteiger partial charge on any atom is -0.324 e. The standard InChI is InChI=1S/C15H14BrFN2O/c1-9-2-4-10(5-3-9)14(18)15(20)19-11-6-7-12(16)13(17)8-11/h2-8,14H,18H2,1H3,(H,19,20). The van der Waals surface area contributed by atoms with E-state index in [4.69, 9.17) is 5.73 Å². The molecule has 0 heterocycles. The number of hydrogen-bond acceptors (Lipinski definition) is 2. The third-order valence-corrected chi connectivity index (χ3v) is 3.55. The van der Waals surface area contributed by atoms with Gasteiger partial charge in [-0.2, -0.15) is 0 Å². The van der Waals surface area contributed by atoms with Crippen LogP contribution in [-0.4, -0.2) is 5.91 Å². The Morgan fingerprint density at radius 2 is 1.90 bits per heavy atom. The molecule has 0 bridgehead atoms. The van der Waals surface area contributed by atoms with Crippen molar-refractivity contribution in [2.24, 2.45) is 5.73 Å². The lowest BCUT2D eigenvalue weighted by Crippen LogP contribution is -2.27. The topological polar surface area (TPSA) is 55.1 Å². The van der Waals surface area contributed by atoms with E-state index in [0.29, 0.717) is 15.7 Å². The van der Waals surface area contributed by atoms with Gasteiger partial charge in [0.2, 0.25) is 5.91 Å². The number of anilines is 1. The normalized spacial score (nSPS) is 12.0. The summed E-state index contributed by atoms with van der Waals surface area (Å²) in [7, 11) is 0. The van der Waals surface area contributed by atoms with Crippen LogP contribution in [0.2, 0.25) is 0 Å². The zero-order chi connectivity index (χ0) is 14.7. The predicted molar refractivity (Wildman–Crippen MR) is 80.8 cm³/mol. The summed E-state index contributed by atoms with van der Waals surface area (Å²) in [6, 6.07) is 11.0. The summed E-state index contributed by atoms with van der Waals surface area (Å²) in [6.45, 7) is 1.96. The fourth-order valence-electron chi connectivity index (χ4n) is 1.72. The van der Waals surface area contributed by atoms with Crippen molar-refractivity contribution in [3.8, 4) is 0 Å². The van der Waals surface area contributed by atoms with Gasteiger partial charge in [0, 0.05) is 5.69 Å². The first-order chi connectivity index (χ1) is 9.47. The van der Waals surface area contributed by atoms with Gasteiger partial charge in [-0.05, 0) is 46.6 Å². The second-order valence-electron chi connectivity index (χ2n) is 4.51. The Labute approximate surface area is 125 Å². The third-order valence-electron chi connectivity index (χ3n) is 2.91. The molecule has 2 aromatic carbocycles. The van der Waals surface area contributed by atoms with Crippen molar-refractivity contribution in [2.45, 2.75) is 13.0 Å². The molecule has 1 atom stereocenters. The smallest absolute Gasteiger partial charge is 0.245 e. The predicted octanol–water partition coefficient (Wildman–Crippen LogP) is 3.54. The fraction of sp³-hybridized carbons (Fsp3) is 0.133. The van der Waals surface area contributed by atoms with Gasteiger partial charge in [-0.3, -0.25) is 4.79 Å². The Kier molecular flexibility index (Phi) is 4.52. The first kappa shape index (κ1) is 14.7. The molecule has 0 aromatic heterocycles. The lowest BCUT2D eigenvalue weighted by molar-refractivity contribution is -0.117. The zero-order valence-electron chi connectivity index (χ0n) is 10.9. The van der Waals surface area contributed by atoms with E-state index in [2.05, 4.69) is 21.2 Å². The average molecular weight is 337 g/mol. The van der Waals surface area contributed by atoms with Crippen LogP contribution in [0.4, 0.5) is 10.1 Å². The van der Waals surface area contributed by atoms with Gasteiger partial charge in [-0.1, -0.05) is 29.8 Å². The maximum Gasteiger partial charge on any atom is 0.245 e. The first-order valence-corrected chi connectivity index (χ1v) is 6.85. The summed E-state index contributed by atoms with van der Waals surface area (Å²) in [5.74, 6) is -0.817. The molecule has 0 aliphatic rings. The fourth-order valence-corrected chi connectivity index (χ4v) is 1.97. The van der Waals surface area contributed by atoms with Crippen LogP contribution in [0.25, 0.3) is 0 Å². The highest BCUT2D eigenvalue weighted by molar-refractivity contribution is 9.10. The van der Waals surface area contributed by atoms with E-state index in [1.54, 1.807) is 6.07 Å². The van der Waals surface area contributed by atoms with Crippen LogP contribution in [-0.2, 0) is 4.79 Å². The molecule has 104 valence electrons. The summed E-state index contributed by atoms with van der Waals surface area (Å²) in [6.07, 6.45) is 0. The number of hydrogen-bond donors (Lipinski definition) is 2. The van der Waals surface area contributed by atoms with Crippen molar-refractivity contribution in [1.82, 2.24) is 0 Å². The monoisotopic (exact) mass is 336 g/mol. The van der Waals surface area contributed by atoms with Crippen LogP contribution >= 0.6 is 15.9 Å². The highest BCUT2D eigenvalue weighted by Gasteiger charge is 2.16. The molecule has 0 spiro atoms. The number of benzene rings is 2. The van der Waals surface area contributed by atoms with Crippen LogP contribution in [0.1, 0.15) is 17.2 Å². The maximum absolute atomic E-state index is 13.4. The van der Waals surface area contributed by atoms with Gasteiger partial charge < -0.3 is 11.1 Å². The van der Waals surface area contributed by atoms with Crippen molar-refractivity contribution in [1.29, 1.82) is 0 Å². The van der Waals surface area contributed by atoms with Gasteiger partial charge in [0.1, 0.15) is 11.9 Å². The van der Waals surface area contributed by atoms with E-state index in [9.17, 15) is 9.18 Å². The Balaban J connectivity index is 2.11. The number of carbonyl (C=O) groups excluding carboxylic acids is 1. The molecule has 20 heavy (non-hydrogen) atoms. The molecule has 0 saturated carbocycles. The summed E-state index contributed by atoms with van der Waals surface area (Å²) in [5.41, 5.74) is 8.07. The molecule has 1 unspecified atom stereocenters. The molecule has 3 nitrogen and oxygen atoms in total. The highest BCUT2D eigenvalue weighted by Crippen LogP contribution is 2.20. The summed E-state index contributed by atoms with van der Waals surface area (Å²) in [5, 5.41) is 2.60.